The average Bonchev–Trinajstić information content (AvgIpc) is 2.27. The summed E-state index contributed by atoms with van der Waals surface area (Å²) in [6.07, 6.45) is 1.37. The lowest BCUT2D eigenvalue weighted by atomic mass is 9.74. The molecule has 84 valence electrons. The van der Waals surface area contributed by atoms with Crippen molar-refractivity contribution < 1.29 is 9.59 Å². The summed E-state index contributed by atoms with van der Waals surface area (Å²) in [5.74, 6) is -1.95. The maximum Gasteiger partial charge on any atom is 0.225 e. The van der Waals surface area contributed by atoms with Crippen molar-refractivity contribution in [3.63, 3.8) is 0 Å². The van der Waals surface area contributed by atoms with Crippen LogP contribution in [-0.2, 0) is 16.0 Å². The summed E-state index contributed by atoms with van der Waals surface area (Å²) >= 11 is 0. The highest BCUT2D eigenvalue weighted by atomic mass is 16.2. The molecule has 0 saturated carbocycles. The molecule has 0 aliphatic heterocycles. The summed E-state index contributed by atoms with van der Waals surface area (Å²) in [6, 6.07) is 7.57. The van der Waals surface area contributed by atoms with Crippen LogP contribution in [0.1, 0.15) is 23.5 Å². The zero-order valence-electron chi connectivity index (χ0n) is 8.85. The molecule has 2 unspecified atom stereocenters. The van der Waals surface area contributed by atoms with Crippen LogP contribution in [-0.4, -0.2) is 11.8 Å². The quantitative estimate of drug-likeness (QED) is 0.748. The fraction of sp³-hybridized carbons (Fsp3) is 0.333. The van der Waals surface area contributed by atoms with E-state index >= 15 is 0 Å². The number of fused-ring (bicyclic) bond motifs is 1. The lowest BCUT2D eigenvalue weighted by Crippen LogP contribution is -2.39. The van der Waals surface area contributed by atoms with Gasteiger partial charge >= 0.3 is 0 Å². The zero-order valence-corrected chi connectivity index (χ0v) is 8.85. The van der Waals surface area contributed by atoms with Crippen molar-refractivity contribution in [1.82, 2.24) is 0 Å². The van der Waals surface area contributed by atoms with Crippen LogP contribution >= 0.6 is 0 Å². The van der Waals surface area contributed by atoms with Gasteiger partial charge in [-0.1, -0.05) is 24.3 Å². The highest BCUT2D eigenvalue weighted by Crippen LogP contribution is 2.35. The molecule has 0 spiro atoms. The number of nitrogens with two attached hydrogens (primary N) is 2. The standard InChI is InChI=1S/C12H14N2O2/c13-11(15)9-6-5-7-3-1-2-4-8(7)10(9)12(14)16/h1-4,9-10H,5-6H2,(H2,13,15)(H2,14,16). The second kappa shape index (κ2) is 3.96. The fourth-order valence-corrected chi connectivity index (χ4v) is 2.42. The Balaban J connectivity index is 2.47. The monoisotopic (exact) mass is 218 g/mol. The first-order valence-corrected chi connectivity index (χ1v) is 5.27. The lowest BCUT2D eigenvalue weighted by Gasteiger charge is -2.29. The van der Waals surface area contributed by atoms with Gasteiger partial charge in [0.25, 0.3) is 0 Å². The number of amides is 2. The van der Waals surface area contributed by atoms with Crippen molar-refractivity contribution in [1.29, 1.82) is 0 Å². The van der Waals surface area contributed by atoms with Crippen molar-refractivity contribution in [2.75, 3.05) is 0 Å². The molecule has 1 aromatic rings. The van der Waals surface area contributed by atoms with Crippen LogP contribution in [0.4, 0.5) is 0 Å². The van der Waals surface area contributed by atoms with Crippen molar-refractivity contribution >= 4 is 11.8 Å². The summed E-state index contributed by atoms with van der Waals surface area (Å²) in [4.78, 5) is 22.7. The molecule has 4 N–H and O–H groups in total. The zero-order chi connectivity index (χ0) is 11.7. The Hall–Kier alpha value is -1.84. The molecular weight excluding hydrogens is 204 g/mol. The molecule has 0 aromatic heterocycles. The predicted octanol–water partition coefficient (Wildman–Crippen LogP) is 0.303. The summed E-state index contributed by atoms with van der Waals surface area (Å²) in [6.45, 7) is 0. The Bertz CT molecular complexity index is 442. The predicted molar refractivity (Wildman–Crippen MR) is 59.4 cm³/mol. The van der Waals surface area contributed by atoms with E-state index in [9.17, 15) is 9.59 Å². The molecule has 2 rings (SSSR count). The number of benzene rings is 1. The number of carbonyl (C=O) groups excluding carboxylic acids is 2. The molecule has 2 atom stereocenters. The summed E-state index contributed by atoms with van der Waals surface area (Å²) in [5.41, 5.74) is 12.6. The molecule has 0 heterocycles. The number of hydrogen-bond acceptors (Lipinski definition) is 2. The number of rotatable bonds is 2. The van der Waals surface area contributed by atoms with E-state index in [-0.39, 0.29) is 0 Å². The first-order chi connectivity index (χ1) is 7.61. The van der Waals surface area contributed by atoms with Gasteiger partial charge < -0.3 is 11.5 Å². The highest BCUT2D eigenvalue weighted by Gasteiger charge is 2.36. The minimum Gasteiger partial charge on any atom is -0.369 e. The molecule has 0 radical (unpaired) electrons. The van der Waals surface area contributed by atoms with E-state index in [1.807, 2.05) is 24.3 Å². The molecule has 0 bridgehead atoms. The maximum atomic E-state index is 11.4. The van der Waals surface area contributed by atoms with Gasteiger partial charge in [-0.25, -0.2) is 0 Å². The van der Waals surface area contributed by atoms with E-state index < -0.39 is 23.7 Å². The maximum absolute atomic E-state index is 11.4. The SMILES string of the molecule is NC(=O)C1CCc2ccccc2C1C(N)=O. The van der Waals surface area contributed by atoms with Crippen LogP contribution in [0, 0.1) is 5.92 Å². The van der Waals surface area contributed by atoms with Crippen LogP contribution in [0.5, 0.6) is 0 Å². The van der Waals surface area contributed by atoms with E-state index in [0.717, 1.165) is 17.5 Å². The minimum absolute atomic E-state index is 0.446. The van der Waals surface area contributed by atoms with E-state index in [1.54, 1.807) is 0 Å². The third-order valence-electron chi connectivity index (χ3n) is 3.19. The molecule has 4 nitrogen and oxygen atoms in total. The first-order valence-electron chi connectivity index (χ1n) is 5.27. The Morgan fingerprint density at radius 3 is 2.44 bits per heavy atom. The lowest BCUT2D eigenvalue weighted by molar-refractivity contribution is -0.129. The fourth-order valence-electron chi connectivity index (χ4n) is 2.42. The Kier molecular flexibility index (Phi) is 2.64. The van der Waals surface area contributed by atoms with E-state index in [0.29, 0.717) is 6.42 Å². The highest BCUT2D eigenvalue weighted by molar-refractivity contribution is 5.90. The Morgan fingerprint density at radius 1 is 1.12 bits per heavy atom. The van der Waals surface area contributed by atoms with Crippen LogP contribution in [0.15, 0.2) is 24.3 Å². The first kappa shape index (κ1) is 10.7. The van der Waals surface area contributed by atoms with Crippen LogP contribution in [0.25, 0.3) is 0 Å². The van der Waals surface area contributed by atoms with Crippen LogP contribution in [0.2, 0.25) is 0 Å². The van der Waals surface area contributed by atoms with Crippen molar-refractivity contribution in [2.45, 2.75) is 18.8 Å². The smallest absolute Gasteiger partial charge is 0.225 e. The van der Waals surface area contributed by atoms with Gasteiger partial charge in [0.05, 0.1) is 11.8 Å². The summed E-state index contributed by atoms with van der Waals surface area (Å²) < 4.78 is 0. The molecule has 1 aliphatic rings. The molecule has 2 amide bonds. The number of aryl methyl sites for hydroxylation is 1. The third kappa shape index (κ3) is 1.66. The number of carbonyl (C=O) groups is 2. The average molecular weight is 218 g/mol. The molecule has 4 heteroatoms. The van der Waals surface area contributed by atoms with Gasteiger partial charge in [0.2, 0.25) is 11.8 Å². The van der Waals surface area contributed by atoms with Crippen LogP contribution < -0.4 is 11.5 Å². The number of hydrogen-bond donors (Lipinski definition) is 2. The molecule has 1 aromatic carbocycles. The van der Waals surface area contributed by atoms with Crippen LogP contribution in [0.3, 0.4) is 0 Å². The van der Waals surface area contributed by atoms with Crippen molar-refractivity contribution in [3.05, 3.63) is 35.4 Å². The topological polar surface area (TPSA) is 86.2 Å². The molecule has 0 fully saturated rings. The normalized spacial score (nSPS) is 23.5. The van der Waals surface area contributed by atoms with E-state index in [4.69, 9.17) is 11.5 Å². The molecule has 16 heavy (non-hydrogen) atoms. The Labute approximate surface area is 93.6 Å². The van der Waals surface area contributed by atoms with Gasteiger partial charge in [-0.2, -0.15) is 0 Å². The molecule has 0 saturated heterocycles. The second-order valence-electron chi connectivity index (χ2n) is 4.13. The van der Waals surface area contributed by atoms with Crippen molar-refractivity contribution in [3.8, 4) is 0 Å². The van der Waals surface area contributed by atoms with Gasteiger partial charge in [0.1, 0.15) is 0 Å². The minimum atomic E-state index is -0.567. The van der Waals surface area contributed by atoms with Gasteiger partial charge in [0, 0.05) is 0 Å². The third-order valence-corrected chi connectivity index (χ3v) is 3.19. The molecular formula is C12H14N2O2. The Morgan fingerprint density at radius 2 is 1.81 bits per heavy atom. The second-order valence-corrected chi connectivity index (χ2v) is 4.13. The van der Waals surface area contributed by atoms with E-state index in [1.165, 1.54) is 0 Å². The van der Waals surface area contributed by atoms with Crippen molar-refractivity contribution in [2.24, 2.45) is 17.4 Å². The van der Waals surface area contributed by atoms with E-state index in [2.05, 4.69) is 0 Å². The largest absolute Gasteiger partial charge is 0.369 e. The van der Waals surface area contributed by atoms with Gasteiger partial charge in [-0.15, -0.1) is 0 Å². The number of primary amides is 2. The summed E-state index contributed by atoms with van der Waals surface area (Å²) in [5, 5.41) is 0. The van der Waals surface area contributed by atoms with Gasteiger partial charge in [-0.3, -0.25) is 9.59 Å². The molecule has 1 aliphatic carbocycles. The van der Waals surface area contributed by atoms with Gasteiger partial charge in [0.15, 0.2) is 0 Å². The van der Waals surface area contributed by atoms with Gasteiger partial charge in [-0.05, 0) is 24.0 Å². The summed E-state index contributed by atoms with van der Waals surface area (Å²) in [7, 11) is 0.